The van der Waals surface area contributed by atoms with Crippen molar-refractivity contribution in [3.8, 4) is 16.9 Å². The minimum Gasteiger partial charge on any atom is -0.495 e. The molecule has 3 aromatic rings. The van der Waals surface area contributed by atoms with E-state index in [4.69, 9.17) is 4.74 Å². The number of methoxy groups -OCH3 is 1. The lowest BCUT2D eigenvalue weighted by atomic mass is 10.1. The average molecular weight is 411 g/mol. The highest BCUT2D eigenvalue weighted by Gasteiger charge is 2.14. The van der Waals surface area contributed by atoms with Crippen LogP contribution in [-0.2, 0) is 21.4 Å². The standard InChI is InChI=1S/C21H21N3O4S/c1-15(25)24-18-7-3-16(4-8-18)17-5-11-21(12-6-17)29(26,27)23-13-19-9-10-20(28-2)14-22-19/h3-12,14,23H,13H2,1-2H3,(H,24,25). The van der Waals surface area contributed by atoms with Crippen LogP contribution in [0.3, 0.4) is 0 Å². The summed E-state index contributed by atoms with van der Waals surface area (Å²) in [6.45, 7) is 1.53. The number of ether oxygens (including phenoxy) is 1. The fourth-order valence-electron chi connectivity index (χ4n) is 2.66. The van der Waals surface area contributed by atoms with E-state index in [-0.39, 0.29) is 17.3 Å². The van der Waals surface area contributed by atoms with Gasteiger partial charge >= 0.3 is 0 Å². The molecule has 0 bridgehead atoms. The third-order valence-electron chi connectivity index (χ3n) is 4.18. The summed E-state index contributed by atoms with van der Waals surface area (Å²) >= 11 is 0. The van der Waals surface area contributed by atoms with Crippen LogP contribution in [0, 0.1) is 0 Å². The zero-order valence-electron chi connectivity index (χ0n) is 16.0. The number of rotatable bonds is 7. The van der Waals surface area contributed by atoms with Crippen LogP contribution in [-0.4, -0.2) is 26.4 Å². The first-order valence-corrected chi connectivity index (χ1v) is 10.3. The van der Waals surface area contributed by atoms with Gasteiger partial charge in [0, 0.05) is 12.6 Å². The molecular formula is C21H21N3O4S. The van der Waals surface area contributed by atoms with Gasteiger partial charge in [-0.25, -0.2) is 13.1 Å². The van der Waals surface area contributed by atoms with E-state index < -0.39 is 10.0 Å². The molecule has 0 atom stereocenters. The molecule has 0 aliphatic heterocycles. The van der Waals surface area contributed by atoms with Gasteiger partial charge in [0.1, 0.15) is 5.75 Å². The van der Waals surface area contributed by atoms with Crippen LogP contribution >= 0.6 is 0 Å². The molecule has 0 aliphatic carbocycles. The smallest absolute Gasteiger partial charge is 0.240 e. The minimum absolute atomic E-state index is 0.0820. The lowest BCUT2D eigenvalue weighted by Crippen LogP contribution is -2.23. The summed E-state index contributed by atoms with van der Waals surface area (Å²) in [5.74, 6) is 0.474. The summed E-state index contributed by atoms with van der Waals surface area (Å²) in [5.41, 5.74) is 3.08. The maximum absolute atomic E-state index is 12.5. The Hall–Kier alpha value is -3.23. The number of nitrogens with one attached hydrogen (secondary N) is 2. The summed E-state index contributed by atoms with van der Waals surface area (Å²) in [4.78, 5) is 15.4. The van der Waals surface area contributed by atoms with Crippen LogP contribution in [0.5, 0.6) is 5.75 Å². The number of amides is 1. The molecule has 0 saturated heterocycles. The largest absolute Gasteiger partial charge is 0.495 e. The number of benzene rings is 2. The van der Waals surface area contributed by atoms with E-state index in [0.717, 1.165) is 11.1 Å². The van der Waals surface area contributed by atoms with E-state index in [2.05, 4.69) is 15.0 Å². The molecular weight excluding hydrogens is 390 g/mol. The Morgan fingerprint density at radius 1 is 0.966 bits per heavy atom. The topological polar surface area (TPSA) is 97.4 Å². The van der Waals surface area contributed by atoms with Crippen molar-refractivity contribution < 1.29 is 17.9 Å². The second-order valence-corrected chi connectivity index (χ2v) is 8.06. The van der Waals surface area contributed by atoms with Crippen molar-refractivity contribution in [3.63, 3.8) is 0 Å². The van der Waals surface area contributed by atoms with Gasteiger partial charge in [-0.05, 0) is 47.5 Å². The fraction of sp³-hybridized carbons (Fsp3) is 0.143. The first kappa shape index (κ1) is 20.5. The van der Waals surface area contributed by atoms with E-state index >= 15 is 0 Å². The Balaban J connectivity index is 1.68. The normalized spacial score (nSPS) is 11.1. The molecule has 0 aliphatic rings. The van der Waals surface area contributed by atoms with Crippen molar-refractivity contribution in [1.29, 1.82) is 0 Å². The maximum atomic E-state index is 12.5. The number of hydrogen-bond donors (Lipinski definition) is 2. The van der Waals surface area contributed by atoms with E-state index in [1.165, 1.54) is 13.1 Å². The van der Waals surface area contributed by atoms with Crippen LogP contribution in [0.1, 0.15) is 12.6 Å². The summed E-state index contributed by atoms with van der Waals surface area (Å²) in [6.07, 6.45) is 1.54. The lowest BCUT2D eigenvalue weighted by molar-refractivity contribution is -0.114. The molecule has 2 N–H and O–H groups in total. The van der Waals surface area contributed by atoms with Crippen LogP contribution in [0.2, 0.25) is 0 Å². The van der Waals surface area contributed by atoms with Crippen LogP contribution in [0.4, 0.5) is 5.69 Å². The number of hydrogen-bond acceptors (Lipinski definition) is 5. The molecule has 8 heteroatoms. The summed E-state index contributed by atoms with van der Waals surface area (Å²) in [5, 5.41) is 2.71. The summed E-state index contributed by atoms with van der Waals surface area (Å²) in [7, 11) is -2.12. The number of anilines is 1. The average Bonchev–Trinajstić information content (AvgIpc) is 2.73. The van der Waals surface area contributed by atoms with E-state index in [9.17, 15) is 13.2 Å². The Morgan fingerprint density at radius 2 is 1.59 bits per heavy atom. The highest BCUT2D eigenvalue weighted by molar-refractivity contribution is 7.89. The van der Waals surface area contributed by atoms with Gasteiger partial charge in [0.2, 0.25) is 15.9 Å². The molecule has 0 spiro atoms. The van der Waals surface area contributed by atoms with Crippen molar-refractivity contribution >= 4 is 21.6 Å². The molecule has 1 aromatic heterocycles. The Morgan fingerprint density at radius 3 is 2.10 bits per heavy atom. The van der Waals surface area contributed by atoms with Gasteiger partial charge in [0.15, 0.2) is 0 Å². The second kappa shape index (κ2) is 8.85. The molecule has 3 rings (SSSR count). The minimum atomic E-state index is -3.66. The highest BCUT2D eigenvalue weighted by atomic mass is 32.2. The van der Waals surface area contributed by atoms with Gasteiger partial charge in [-0.1, -0.05) is 24.3 Å². The van der Waals surface area contributed by atoms with Crippen molar-refractivity contribution in [2.45, 2.75) is 18.4 Å². The van der Waals surface area contributed by atoms with Crippen LogP contribution in [0.25, 0.3) is 11.1 Å². The maximum Gasteiger partial charge on any atom is 0.240 e. The van der Waals surface area contributed by atoms with E-state index in [0.29, 0.717) is 17.1 Å². The van der Waals surface area contributed by atoms with Gasteiger partial charge in [-0.15, -0.1) is 0 Å². The van der Waals surface area contributed by atoms with Gasteiger partial charge in [0.25, 0.3) is 0 Å². The Kier molecular flexibility index (Phi) is 6.26. The zero-order chi connectivity index (χ0) is 20.9. The lowest BCUT2D eigenvalue weighted by Gasteiger charge is -2.09. The van der Waals surface area contributed by atoms with Gasteiger partial charge in [-0.2, -0.15) is 0 Å². The molecule has 1 amide bonds. The number of aromatic nitrogens is 1. The Bertz CT molecular complexity index is 1080. The number of carbonyl (C=O) groups is 1. The predicted molar refractivity (Wildman–Crippen MR) is 111 cm³/mol. The van der Waals surface area contributed by atoms with Crippen LogP contribution < -0.4 is 14.8 Å². The monoisotopic (exact) mass is 411 g/mol. The Labute approximate surface area is 169 Å². The SMILES string of the molecule is COc1ccc(CNS(=O)(=O)c2ccc(-c3ccc(NC(C)=O)cc3)cc2)nc1. The third-order valence-corrected chi connectivity index (χ3v) is 5.60. The van der Waals surface area contributed by atoms with Gasteiger partial charge in [0.05, 0.1) is 30.4 Å². The predicted octanol–water partition coefficient (Wildman–Crippen LogP) is 3.19. The quantitative estimate of drug-likeness (QED) is 0.622. The molecule has 29 heavy (non-hydrogen) atoms. The number of nitrogens with zero attached hydrogens (tertiary/aromatic N) is 1. The van der Waals surface area contributed by atoms with Crippen molar-refractivity contribution in [2.75, 3.05) is 12.4 Å². The molecule has 0 saturated carbocycles. The highest BCUT2D eigenvalue weighted by Crippen LogP contribution is 2.23. The molecule has 0 radical (unpaired) electrons. The first-order chi connectivity index (χ1) is 13.9. The molecule has 0 fully saturated rings. The van der Waals surface area contributed by atoms with E-state index in [1.54, 1.807) is 55.6 Å². The van der Waals surface area contributed by atoms with E-state index in [1.807, 2.05) is 12.1 Å². The number of pyridine rings is 1. The van der Waals surface area contributed by atoms with Crippen molar-refractivity contribution in [2.24, 2.45) is 0 Å². The van der Waals surface area contributed by atoms with Crippen molar-refractivity contribution in [1.82, 2.24) is 9.71 Å². The first-order valence-electron chi connectivity index (χ1n) is 8.84. The summed E-state index contributed by atoms with van der Waals surface area (Å²) in [6, 6.07) is 17.3. The molecule has 2 aromatic carbocycles. The zero-order valence-corrected chi connectivity index (χ0v) is 16.9. The molecule has 7 nitrogen and oxygen atoms in total. The number of carbonyl (C=O) groups excluding carboxylic acids is 1. The molecule has 0 unspecified atom stereocenters. The van der Waals surface area contributed by atoms with Gasteiger partial charge < -0.3 is 10.1 Å². The number of sulfonamides is 1. The molecule has 1 heterocycles. The fourth-order valence-corrected chi connectivity index (χ4v) is 3.66. The van der Waals surface area contributed by atoms with Crippen LogP contribution in [0.15, 0.2) is 71.8 Å². The second-order valence-electron chi connectivity index (χ2n) is 6.30. The molecule has 150 valence electrons. The summed E-state index contributed by atoms with van der Waals surface area (Å²) < 4.78 is 32.6. The third kappa shape index (κ3) is 5.40. The van der Waals surface area contributed by atoms with Gasteiger partial charge in [-0.3, -0.25) is 9.78 Å². The van der Waals surface area contributed by atoms with Crippen molar-refractivity contribution in [3.05, 3.63) is 72.6 Å².